The number of benzene rings is 1. The fraction of sp³-hybridized carbons (Fsp3) is 0.250. The lowest BCUT2D eigenvalue weighted by Crippen LogP contribution is -2.21. The van der Waals surface area contributed by atoms with Crippen molar-refractivity contribution in [3.05, 3.63) is 59.4 Å². The first-order chi connectivity index (χ1) is 12.4. The Kier molecular flexibility index (Phi) is 5.01. The van der Waals surface area contributed by atoms with E-state index in [4.69, 9.17) is 0 Å². The van der Waals surface area contributed by atoms with Crippen molar-refractivity contribution in [2.75, 3.05) is 5.32 Å². The van der Waals surface area contributed by atoms with Crippen LogP contribution in [0.4, 0.5) is 19.1 Å². The number of hydrogen-bond acceptors (Lipinski definition) is 4. The van der Waals surface area contributed by atoms with Crippen molar-refractivity contribution >= 4 is 11.9 Å². The van der Waals surface area contributed by atoms with Crippen LogP contribution in [0.25, 0.3) is 0 Å². The molecule has 0 saturated carbocycles. The monoisotopic (exact) mass is 364 g/mol. The highest BCUT2D eigenvalue weighted by Crippen LogP contribution is 2.19. The first-order valence-corrected chi connectivity index (χ1v) is 7.67. The Morgan fingerprint density at radius 3 is 2.77 bits per heavy atom. The molecule has 2 heterocycles. The zero-order valence-corrected chi connectivity index (χ0v) is 13.7. The Bertz CT molecular complexity index is 920. The van der Waals surface area contributed by atoms with E-state index in [0.717, 1.165) is 4.68 Å². The maximum absolute atomic E-state index is 13.6. The number of nitrogens with one attached hydrogen (secondary N) is 1. The number of halogens is 3. The minimum absolute atomic E-state index is 0.00573. The molecule has 1 aromatic carbocycles. The maximum atomic E-state index is 13.6. The van der Waals surface area contributed by atoms with Crippen LogP contribution in [0.3, 0.4) is 0 Å². The first kappa shape index (κ1) is 17.6. The predicted molar refractivity (Wildman–Crippen MR) is 86.1 cm³/mol. The highest BCUT2D eigenvalue weighted by molar-refractivity contribution is 5.88. The van der Waals surface area contributed by atoms with Crippen molar-refractivity contribution in [1.29, 1.82) is 0 Å². The largest absolute Gasteiger partial charge is 0.292 e. The van der Waals surface area contributed by atoms with Gasteiger partial charge in [0.2, 0.25) is 11.9 Å². The summed E-state index contributed by atoms with van der Waals surface area (Å²) in [5.41, 5.74) is 0.472. The molecule has 7 nitrogen and oxygen atoms in total. The molecule has 0 spiro atoms. The Labute approximate surface area is 146 Å². The number of carbonyl (C=O) groups excluding carboxylic acids is 1. The number of nitrogens with zero attached hydrogens (tertiary/aromatic N) is 5. The van der Waals surface area contributed by atoms with E-state index in [9.17, 15) is 18.0 Å². The second-order valence-corrected chi connectivity index (χ2v) is 5.57. The van der Waals surface area contributed by atoms with Gasteiger partial charge in [-0.2, -0.15) is 5.10 Å². The molecule has 0 aliphatic carbocycles. The highest BCUT2D eigenvalue weighted by Gasteiger charge is 2.18. The molecule has 0 fully saturated rings. The van der Waals surface area contributed by atoms with Crippen LogP contribution in [0.5, 0.6) is 0 Å². The van der Waals surface area contributed by atoms with Gasteiger partial charge in [-0.1, -0.05) is 18.2 Å². The third-order valence-electron chi connectivity index (χ3n) is 3.53. The second kappa shape index (κ2) is 7.38. The minimum atomic E-state index is -2.73. The van der Waals surface area contributed by atoms with Crippen molar-refractivity contribution in [3.8, 4) is 0 Å². The lowest BCUT2D eigenvalue weighted by molar-refractivity contribution is -0.117. The SMILES string of the molecule is Cc1cc(C(F)F)n(CC(=O)Nc2ncn(Cc3ccccc3F)n2)n1. The van der Waals surface area contributed by atoms with E-state index in [0.29, 0.717) is 11.3 Å². The minimum Gasteiger partial charge on any atom is -0.292 e. The Balaban J connectivity index is 1.64. The van der Waals surface area contributed by atoms with Crippen molar-refractivity contribution in [3.63, 3.8) is 0 Å². The van der Waals surface area contributed by atoms with Crippen molar-refractivity contribution < 1.29 is 18.0 Å². The summed E-state index contributed by atoms with van der Waals surface area (Å²) >= 11 is 0. The summed E-state index contributed by atoms with van der Waals surface area (Å²) in [6.45, 7) is 1.31. The standard InChI is InChI=1S/C16H15F3N6O/c1-10-6-13(15(18)19)25(22-10)8-14(26)21-16-20-9-24(23-16)7-11-4-2-3-5-12(11)17/h2-6,9,15H,7-8H2,1H3,(H,21,23,26). The Morgan fingerprint density at radius 1 is 1.27 bits per heavy atom. The van der Waals surface area contributed by atoms with Gasteiger partial charge in [0, 0.05) is 5.56 Å². The van der Waals surface area contributed by atoms with Gasteiger partial charge in [0.05, 0.1) is 12.2 Å². The fourth-order valence-corrected chi connectivity index (χ4v) is 2.40. The summed E-state index contributed by atoms with van der Waals surface area (Å²) in [6, 6.07) is 7.45. The van der Waals surface area contributed by atoms with Crippen LogP contribution in [-0.2, 0) is 17.9 Å². The molecule has 3 rings (SSSR count). The van der Waals surface area contributed by atoms with E-state index in [1.807, 2.05) is 0 Å². The topological polar surface area (TPSA) is 77.6 Å². The van der Waals surface area contributed by atoms with Gasteiger partial charge >= 0.3 is 0 Å². The quantitative estimate of drug-likeness (QED) is 0.729. The molecule has 0 bridgehead atoms. The molecule has 0 unspecified atom stereocenters. The van der Waals surface area contributed by atoms with Crippen molar-refractivity contribution in [2.45, 2.75) is 26.4 Å². The fourth-order valence-electron chi connectivity index (χ4n) is 2.40. The van der Waals surface area contributed by atoms with E-state index in [1.165, 1.54) is 23.1 Å². The average Bonchev–Trinajstić information content (AvgIpc) is 3.16. The van der Waals surface area contributed by atoms with Gasteiger partial charge in [0.1, 0.15) is 24.4 Å². The van der Waals surface area contributed by atoms with Gasteiger partial charge in [-0.3, -0.25) is 14.8 Å². The summed E-state index contributed by atoms with van der Waals surface area (Å²) in [4.78, 5) is 15.9. The number of anilines is 1. The summed E-state index contributed by atoms with van der Waals surface area (Å²) < 4.78 is 41.8. The van der Waals surface area contributed by atoms with Crippen molar-refractivity contribution in [1.82, 2.24) is 24.5 Å². The van der Waals surface area contributed by atoms with Crippen LogP contribution in [0.2, 0.25) is 0 Å². The number of carbonyl (C=O) groups is 1. The van der Waals surface area contributed by atoms with E-state index in [2.05, 4.69) is 20.5 Å². The van der Waals surface area contributed by atoms with Gasteiger partial charge in [0.25, 0.3) is 6.43 Å². The van der Waals surface area contributed by atoms with Crippen LogP contribution >= 0.6 is 0 Å². The Morgan fingerprint density at radius 2 is 2.04 bits per heavy atom. The molecule has 3 aromatic rings. The molecule has 0 aliphatic rings. The van der Waals surface area contributed by atoms with Gasteiger partial charge in [-0.25, -0.2) is 22.8 Å². The van der Waals surface area contributed by atoms with E-state index < -0.39 is 18.9 Å². The molecule has 136 valence electrons. The lowest BCUT2D eigenvalue weighted by atomic mass is 10.2. The molecule has 0 radical (unpaired) electrons. The molecule has 0 aliphatic heterocycles. The number of rotatable bonds is 6. The van der Waals surface area contributed by atoms with Gasteiger partial charge in [-0.15, -0.1) is 5.10 Å². The molecule has 10 heteroatoms. The number of hydrogen-bond donors (Lipinski definition) is 1. The van der Waals surface area contributed by atoms with E-state index >= 15 is 0 Å². The normalized spacial score (nSPS) is 11.1. The molecule has 1 N–H and O–H groups in total. The summed E-state index contributed by atoms with van der Waals surface area (Å²) in [5, 5.41) is 10.3. The summed E-state index contributed by atoms with van der Waals surface area (Å²) in [6.07, 6.45) is -1.40. The third-order valence-corrected chi connectivity index (χ3v) is 3.53. The molecule has 26 heavy (non-hydrogen) atoms. The van der Waals surface area contributed by atoms with Crippen LogP contribution in [-0.4, -0.2) is 30.5 Å². The number of amides is 1. The van der Waals surface area contributed by atoms with Gasteiger partial charge < -0.3 is 0 Å². The number of alkyl halides is 2. The molecule has 0 atom stereocenters. The summed E-state index contributed by atoms with van der Waals surface area (Å²) in [5.74, 6) is -0.977. The molecule has 2 aromatic heterocycles. The van der Waals surface area contributed by atoms with E-state index in [-0.39, 0.29) is 24.0 Å². The highest BCUT2D eigenvalue weighted by atomic mass is 19.3. The van der Waals surface area contributed by atoms with Gasteiger partial charge in [0.15, 0.2) is 0 Å². The predicted octanol–water partition coefficient (Wildman–Crippen LogP) is 2.55. The number of aromatic nitrogens is 5. The van der Waals surface area contributed by atoms with Crippen molar-refractivity contribution in [2.24, 2.45) is 0 Å². The Hall–Kier alpha value is -3.17. The zero-order chi connectivity index (χ0) is 18.7. The van der Waals surface area contributed by atoms with Crippen LogP contribution < -0.4 is 5.32 Å². The molecule has 0 saturated heterocycles. The van der Waals surface area contributed by atoms with Crippen LogP contribution in [0.1, 0.15) is 23.4 Å². The van der Waals surface area contributed by atoms with E-state index in [1.54, 1.807) is 25.1 Å². The maximum Gasteiger partial charge on any atom is 0.280 e. The average molecular weight is 364 g/mol. The third kappa shape index (κ3) is 4.08. The molecule has 1 amide bonds. The van der Waals surface area contributed by atoms with Gasteiger partial charge in [-0.05, 0) is 19.1 Å². The lowest BCUT2D eigenvalue weighted by Gasteiger charge is -2.06. The summed E-state index contributed by atoms with van der Waals surface area (Å²) in [7, 11) is 0. The zero-order valence-electron chi connectivity index (χ0n) is 13.7. The second-order valence-electron chi connectivity index (χ2n) is 5.57. The van der Waals surface area contributed by atoms with Crippen LogP contribution in [0, 0.1) is 12.7 Å². The number of aryl methyl sites for hydroxylation is 1. The molecular formula is C16H15F3N6O. The smallest absolute Gasteiger partial charge is 0.280 e. The molecular weight excluding hydrogens is 349 g/mol. The van der Waals surface area contributed by atoms with Crippen LogP contribution in [0.15, 0.2) is 36.7 Å². The first-order valence-electron chi connectivity index (χ1n) is 7.67.